The van der Waals surface area contributed by atoms with Crippen LogP contribution in [0.15, 0.2) is 30.3 Å². The summed E-state index contributed by atoms with van der Waals surface area (Å²) in [6.07, 6.45) is 2.18. The minimum atomic E-state index is 0.280. The molecule has 0 radical (unpaired) electrons. The summed E-state index contributed by atoms with van der Waals surface area (Å²) in [5.74, 6) is 0.929. The third-order valence-corrected chi connectivity index (χ3v) is 2.46. The van der Waals surface area contributed by atoms with E-state index < -0.39 is 0 Å². The van der Waals surface area contributed by atoms with Crippen LogP contribution in [0.3, 0.4) is 0 Å². The van der Waals surface area contributed by atoms with Gasteiger partial charge in [0.15, 0.2) is 0 Å². The monoisotopic (exact) mass is 241 g/mol. The number of nitrogens with one attached hydrogen (secondary N) is 1. The van der Waals surface area contributed by atoms with E-state index in [9.17, 15) is 0 Å². The molecule has 0 aliphatic heterocycles. The van der Waals surface area contributed by atoms with Crippen LogP contribution < -0.4 is 10.1 Å². The van der Waals surface area contributed by atoms with Gasteiger partial charge in [0.1, 0.15) is 12.4 Å². The molecule has 1 aromatic rings. The Labute approximate surface area is 103 Å². The first-order chi connectivity index (χ1) is 7.79. The van der Waals surface area contributed by atoms with E-state index in [0.717, 1.165) is 31.7 Å². The second-order valence-electron chi connectivity index (χ2n) is 3.83. The van der Waals surface area contributed by atoms with E-state index >= 15 is 0 Å². The van der Waals surface area contributed by atoms with E-state index in [2.05, 4.69) is 5.32 Å². The molecular weight excluding hydrogens is 222 g/mol. The summed E-state index contributed by atoms with van der Waals surface area (Å²) in [6, 6.07) is 9.87. The van der Waals surface area contributed by atoms with Crippen molar-refractivity contribution in [3.05, 3.63) is 30.3 Å². The third kappa shape index (κ3) is 6.70. The van der Waals surface area contributed by atoms with Gasteiger partial charge in [-0.1, -0.05) is 18.2 Å². The molecule has 0 saturated carbocycles. The van der Waals surface area contributed by atoms with Gasteiger partial charge >= 0.3 is 0 Å². The number of hydrogen-bond donors (Lipinski definition) is 1. The minimum absolute atomic E-state index is 0.280. The highest BCUT2D eigenvalue weighted by Gasteiger charge is 1.95. The van der Waals surface area contributed by atoms with E-state index in [1.165, 1.54) is 0 Å². The van der Waals surface area contributed by atoms with Gasteiger partial charge in [-0.3, -0.25) is 0 Å². The third-order valence-electron chi connectivity index (χ3n) is 2.25. The molecule has 0 bridgehead atoms. The molecule has 1 unspecified atom stereocenters. The molecule has 0 amide bonds. The first-order valence-electron chi connectivity index (χ1n) is 5.81. The Kier molecular flexibility index (Phi) is 7.02. The quantitative estimate of drug-likeness (QED) is 0.558. The Balaban J connectivity index is 1.93. The van der Waals surface area contributed by atoms with Gasteiger partial charge in [-0.25, -0.2) is 0 Å². The van der Waals surface area contributed by atoms with Gasteiger partial charge in [0, 0.05) is 11.9 Å². The first kappa shape index (κ1) is 13.3. The zero-order chi connectivity index (χ0) is 11.6. The Morgan fingerprint density at radius 1 is 1.25 bits per heavy atom. The molecule has 3 heteroatoms. The van der Waals surface area contributed by atoms with Crippen LogP contribution >= 0.6 is 11.6 Å². The summed E-state index contributed by atoms with van der Waals surface area (Å²) in [7, 11) is 0. The van der Waals surface area contributed by atoms with Crippen LogP contribution in [0.25, 0.3) is 0 Å². The first-order valence-corrected chi connectivity index (χ1v) is 6.25. The van der Waals surface area contributed by atoms with E-state index in [1.54, 1.807) is 0 Å². The van der Waals surface area contributed by atoms with Crippen LogP contribution in [-0.4, -0.2) is 25.1 Å². The van der Waals surface area contributed by atoms with Crippen LogP contribution in [0, 0.1) is 0 Å². The van der Waals surface area contributed by atoms with Gasteiger partial charge in [-0.15, -0.1) is 11.6 Å². The number of para-hydroxylation sites is 1. The summed E-state index contributed by atoms with van der Waals surface area (Å²) in [5.41, 5.74) is 0. The fourth-order valence-corrected chi connectivity index (χ4v) is 1.55. The maximum absolute atomic E-state index is 5.85. The highest BCUT2D eigenvalue weighted by Crippen LogP contribution is 2.07. The summed E-state index contributed by atoms with van der Waals surface area (Å²) in [6.45, 7) is 4.63. The maximum atomic E-state index is 5.85. The number of ether oxygens (including phenoxy) is 1. The van der Waals surface area contributed by atoms with E-state index in [4.69, 9.17) is 16.3 Å². The maximum Gasteiger partial charge on any atom is 0.119 e. The number of hydrogen-bond acceptors (Lipinski definition) is 2. The highest BCUT2D eigenvalue weighted by molar-refractivity contribution is 6.20. The molecule has 0 heterocycles. The molecule has 90 valence electrons. The molecule has 16 heavy (non-hydrogen) atoms. The second-order valence-corrected chi connectivity index (χ2v) is 4.58. The number of alkyl halides is 1. The zero-order valence-electron chi connectivity index (χ0n) is 9.79. The molecule has 2 nitrogen and oxygen atoms in total. The van der Waals surface area contributed by atoms with Crippen molar-refractivity contribution >= 4 is 11.6 Å². The van der Waals surface area contributed by atoms with E-state index in [-0.39, 0.29) is 5.38 Å². The van der Waals surface area contributed by atoms with Crippen LogP contribution in [-0.2, 0) is 0 Å². The van der Waals surface area contributed by atoms with Crippen molar-refractivity contribution in [2.45, 2.75) is 25.1 Å². The van der Waals surface area contributed by atoms with Crippen molar-refractivity contribution in [2.75, 3.05) is 19.7 Å². The molecule has 0 aliphatic rings. The predicted octanol–water partition coefficient (Wildman–Crippen LogP) is 3.06. The van der Waals surface area contributed by atoms with Crippen molar-refractivity contribution in [1.29, 1.82) is 0 Å². The summed E-state index contributed by atoms with van der Waals surface area (Å²) in [4.78, 5) is 0. The summed E-state index contributed by atoms with van der Waals surface area (Å²) < 4.78 is 5.55. The molecule has 0 aliphatic carbocycles. The lowest BCUT2D eigenvalue weighted by molar-refractivity contribution is 0.313. The largest absolute Gasteiger partial charge is 0.492 e. The lowest BCUT2D eigenvalue weighted by Crippen LogP contribution is -2.22. The summed E-state index contributed by atoms with van der Waals surface area (Å²) >= 11 is 5.85. The van der Waals surface area contributed by atoms with Gasteiger partial charge in [-0.05, 0) is 38.4 Å². The number of benzene rings is 1. The standard InChI is InChI=1S/C13H20ClNO/c1-12(14)6-5-9-15-10-11-16-13-7-3-2-4-8-13/h2-4,7-8,12,15H,5-6,9-11H2,1H3. The molecule has 1 N–H and O–H groups in total. The van der Waals surface area contributed by atoms with E-state index in [0.29, 0.717) is 6.61 Å². The topological polar surface area (TPSA) is 21.3 Å². The summed E-state index contributed by atoms with van der Waals surface area (Å²) in [5, 5.41) is 3.61. The fourth-order valence-electron chi connectivity index (χ4n) is 1.39. The molecule has 1 atom stereocenters. The van der Waals surface area contributed by atoms with Gasteiger partial charge in [0.2, 0.25) is 0 Å². The van der Waals surface area contributed by atoms with Crippen molar-refractivity contribution < 1.29 is 4.74 Å². The van der Waals surface area contributed by atoms with Gasteiger partial charge < -0.3 is 10.1 Å². The van der Waals surface area contributed by atoms with Crippen molar-refractivity contribution in [3.63, 3.8) is 0 Å². The van der Waals surface area contributed by atoms with Gasteiger partial charge in [-0.2, -0.15) is 0 Å². The van der Waals surface area contributed by atoms with Gasteiger partial charge in [0.25, 0.3) is 0 Å². The average molecular weight is 242 g/mol. The Bertz CT molecular complexity index is 264. The van der Waals surface area contributed by atoms with Crippen molar-refractivity contribution in [3.8, 4) is 5.75 Å². The molecule has 0 aromatic heterocycles. The molecule has 0 saturated heterocycles. The zero-order valence-corrected chi connectivity index (χ0v) is 10.5. The Hall–Kier alpha value is -0.730. The smallest absolute Gasteiger partial charge is 0.119 e. The van der Waals surface area contributed by atoms with Crippen LogP contribution in [0.1, 0.15) is 19.8 Å². The predicted molar refractivity (Wildman–Crippen MR) is 69.4 cm³/mol. The Morgan fingerprint density at radius 2 is 2.00 bits per heavy atom. The number of rotatable bonds is 8. The molecule has 0 spiro atoms. The van der Waals surface area contributed by atoms with Crippen LogP contribution in [0.4, 0.5) is 0 Å². The minimum Gasteiger partial charge on any atom is -0.492 e. The average Bonchev–Trinajstić information content (AvgIpc) is 2.29. The molecule has 1 aromatic carbocycles. The lowest BCUT2D eigenvalue weighted by atomic mass is 10.2. The van der Waals surface area contributed by atoms with E-state index in [1.807, 2.05) is 37.3 Å². The van der Waals surface area contributed by atoms with Crippen LogP contribution in [0.5, 0.6) is 5.75 Å². The fraction of sp³-hybridized carbons (Fsp3) is 0.538. The van der Waals surface area contributed by atoms with Gasteiger partial charge in [0.05, 0.1) is 0 Å². The SMILES string of the molecule is CC(Cl)CCCNCCOc1ccccc1. The highest BCUT2D eigenvalue weighted by atomic mass is 35.5. The molecule has 0 fully saturated rings. The molecule has 1 rings (SSSR count). The van der Waals surface area contributed by atoms with Crippen LogP contribution in [0.2, 0.25) is 0 Å². The number of halogens is 1. The lowest BCUT2D eigenvalue weighted by Gasteiger charge is -2.07. The second kappa shape index (κ2) is 8.43. The Morgan fingerprint density at radius 3 is 2.69 bits per heavy atom. The molecular formula is C13H20ClNO. The normalized spacial score (nSPS) is 12.4. The van der Waals surface area contributed by atoms with Crippen molar-refractivity contribution in [1.82, 2.24) is 5.32 Å². The van der Waals surface area contributed by atoms with Crippen molar-refractivity contribution in [2.24, 2.45) is 0 Å².